The number of para-hydroxylation sites is 1. The van der Waals surface area contributed by atoms with Gasteiger partial charge in [0.2, 0.25) is 10.0 Å². The van der Waals surface area contributed by atoms with Crippen molar-refractivity contribution in [1.29, 1.82) is 0 Å². The summed E-state index contributed by atoms with van der Waals surface area (Å²) in [6, 6.07) is 8.68. The van der Waals surface area contributed by atoms with Crippen LogP contribution in [0.3, 0.4) is 0 Å². The van der Waals surface area contributed by atoms with Gasteiger partial charge in [0.25, 0.3) is 0 Å². The van der Waals surface area contributed by atoms with E-state index in [1.54, 1.807) is 34.8 Å². The van der Waals surface area contributed by atoms with Gasteiger partial charge in [0, 0.05) is 32.0 Å². The number of ether oxygens (including phenoxy) is 1. The van der Waals surface area contributed by atoms with Gasteiger partial charge in [-0.1, -0.05) is 12.1 Å². The van der Waals surface area contributed by atoms with Gasteiger partial charge >= 0.3 is 0 Å². The third-order valence-corrected chi connectivity index (χ3v) is 6.20. The van der Waals surface area contributed by atoms with Crippen LogP contribution in [0, 0.1) is 5.92 Å². The van der Waals surface area contributed by atoms with E-state index in [0.717, 1.165) is 19.4 Å². The summed E-state index contributed by atoms with van der Waals surface area (Å²) < 4.78 is 34.3. The van der Waals surface area contributed by atoms with Crippen molar-refractivity contribution in [3.63, 3.8) is 0 Å². The second-order valence-electron chi connectivity index (χ2n) is 5.73. The van der Waals surface area contributed by atoms with E-state index in [4.69, 9.17) is 4.74 Å². The van der Waals surface area contributed by atoms with Crippen molar-refractivity contribution in [1.82, 2.24) is 14.1 Å². The van der Waals surface area contributed by atoms with Crippen LogP contribution in [0.5, 0.6) is 5.75 Å². The molecule has 1 aromatic carbocycles. The first-order valence-corrected chi connectivity index (χ1v) is 9.16. The maximum atomic E-state index is 12.8. The standard InChI is InChI=1S/C16H21N3O3S/c1-22-15-5-2-3-6-16(15)23(20,21)19-11-7-14(8-12-19)13-18-10-4-9-17-18/h2-6,9-10,14H,7-8,11-13H2,1H3. The van der Waals surface area contributed by atoms with Crippen molar-refractivity contribution >= 4 is 10.0 Å². The molecule has 1 saturated heterocycles. The molecule has 0 spiro atoms. The Morgan fingerprint density at radius 3 is 2.61 bits per heavy atom. The van der Waals surface area contributed by atoms with Crippen molar-refractivity contribution in [2.45, 2.75) is 24.3 Å². The first-order valence-electron chi connectivity index (χ1n) is 7.72. The minimum Gasteiger partial charge on any atom is -0.495 e. The molecule has 1 aliphatic heterocycles. The first kappa shape index (κ1) is 16.0. The van der Waals surface area contributed by atoms with Gasteiger partial charge < -0.3 is 4.74 Å². The van der Waals surface area contributed by atoms with Gasteiger partial charge in [-0.25, -0.2) is 8.42 Å². The van der Waals surface area contributed by atoms with E-state index in [9.17, 15) is 8.42 Å². The molecular formula is C16H21N3O3S. The van der Waals surface area contributed by atoms with Gasteiger partial charge in [-0.2, -0.15) is 9.40 Å². The lowest BCUT2D eigenvalue weighted by Crippen LogP contribution is -2.39. The van der Waals surface area contributed by atoms with Crippen LogP contribution in [0.1, 0.15) is 12.8 Å². The topological polar surface area (TPSA) is 64.4 Å². The lowest BCUT2D eigenvalue weighted by molar-refractivity contribution is 0.247. The van der Waals surface area contributed by atoms with Gasteiger partial charge in [0.1, 0.15) is 10.6 Å². The molecule has 0 atom stereocenters. The highest BCUT2D eigenvalue weighted by molar-refractivity contribution is 7.89. The summed E-state index contributed by atoms with van der Waals surface area (Å²) in [4.78, 5) is 0.244. The summed E-state index contributed by atoms with van der Waals surface area (Å²) in [5, 5.41) is 4.22. The number of hydrogen-bond acceptors (Lipinski definition) is 4. The first-order chi connectivity index (χ1) is 11.1. The predicted octanol–water partition coefficient (Wildman–Crippen LogP) is 1.99. The molecule has 0 radical (unpaired) electrons. The van der Waals surface area contributed by atoms with Crippen LogP contribution < -0.4 is 4.74 Å². The summed E-state index contributed by atoms with van der Waals surface area (Å²) in [6.07, 6.45) is 5.39. The van der Waals surface area contributed by atoms with Gasteiger partial charge in [-0.3, -0.25) is 4.68 Å². The smallest absolute Gasteiger partial charge is 0.246 e. The number of sulfonamides is 1. The monoisotopic (exact) mass is 335 g/mol. The van der Waals surface area contributed by atoms with Crippen LogP contribution in [-0.4, -0.2) is 42.7 Å². The van der Waals surface area contributed by atoms with Gasteiger partial charge in [0.05, 0.1) is 7.11 Å². The maximum Gasteiger partial charge on any atom is 0.246 e. The van der Waals surface area contributed by atoms with Crippen molar-refractivity contribution < 1.29 is 13.2 Å². The molecule has 23 heavy (non-hydrogen) atoms. The van der Waals surface area contributed by atoms with Crippen LogP contribution >= 0.6 is 0 Å². The number of nitrogens with zero attached hydrogens (tertiary/aromatic N) is 3. The molecule has 0 amide bonds. The maximum absolute atomic E-state index is 12.8. The molecule has 2 heterocycles. The van der Waals surface area contributed by atoms with E-state index < -0.39 is 10.0 Å². The molecule has 0 unspecified atom stereocenters. The van der Waals surface area contributed by atoms with E-state index in [1.807, 2.05) is 16.9 Å². The van der Waals surface area contributed by atoms with E-state index >= 15 is 0 Å². The molecular weight excluding hydrogens is 314 g/mol. The quantitative estimate of drug-likeness (QED) is 0.838. The largest absolute Gasteiger partial charge is 0.495 e. The normalized spacial score (nSPS) is 17.3. The molecule has 0 saturated carbocycles. The van der Waals surface area contributed by atoms with Gasteiger partial charge in [0.15, 0.2) is 0 Å². The highest BCUT2D eigenvalue weighted by Crippen LogP contribution is 2.29. The zero-order valence-electron chi connectivity index (χ0n) is 13.1. The summed E-state index contributed by atoms with van der Waals surface area (Å²) in [5.41, 5.74) is 0. The molecule has 1 fully saturated rings. The van der Waals surface area contributed by atoms with E-state index in [-0.39, 0.29) is 4.90 Å². The number of benzene rings is 1. The summed E-state index contributed by atoms with van der Waals surface area (Å²) in [6.45, 7) is 1.91. The van der Waals surface area contributed by atoms with Crippen molar-refractivity contribution in [2.24, 2.45) is 5.92 Å². The SMILES string of the molecule is COc1ccccc1S(=O)(=O)N1CCC(Cn2cccn2)CC1. The zero-order chi connectivity index (χ0) is 16.3. The Bertz CT molecular complexity index is 736. The third kappa shape index (κ3) is 3.40. The molecule has 7 heteroatoms. The predicted molar refractivity (Wildman–Crippen MR) is 86.7 cm³/mol. The third-order valence-electron chi connectivity index (χ3n) is 4.26. The molecule has 0 N–H and O–H groups in total. The highest BCUT2D eigenvalue weighted by atomic mass is 32.2. The van der Waals surface area contributed by atoms with Crippen LogP contribution in [-0.2, 0) is 16.6 Å². The Labute approximate surface area is 136 Å². The molecule has 0 aliphatic carbocycles. The molecule has 3 rings (SSSR count). The van der Waals surface area contributed by atoms with Crippen LogP contribution in [0.2, 0.25) is 0 Å². The van der Waals surface area contributed by atoms with Crippen molar-refractivity contribution in [3.8, 4) is 5.75 Å². The summed E-state index contributed by atoms with van der Waals surface area (Å²) >= 11 is 0. The average molecular weight is 335 g/mol. The van der Waals surface area contributed by atoms with Crippen molar-refractivity contribution in [3.05, 3.63) is 42.7 Å². The van der Waals surface area contributed by atoms with E-state index in [2.05, 4.69) is 5.10 Å². The number of methoxy groups -OCH3 is 1. The zero-order valence-corrected chi connectivity index (χ0v) is 13.9. The van der Waals surface area contributed by atoms with Gasteiger partial charge in [-0.05, 0) is 37.0 Å². The summed E-state index contributed by atoms with van der Waals surface area (Å²) in [5.74, 6) is 0.852. The lowest BCUT2D eigenvalue weighted by Gasteiger charge is -2.31. The Morgan fingerprint density at radius 2 is 1.96 bits per heavy atom. The minimum atomic E-state index is -3.50. The van der Waals surface area contributed by atoms with Crippen LogP contribution in [0.15, 0.2) is 47.6 Å². The second-order valence-corrected chi connectivity index (χ2v) is 7.63. The Hall–Kier alpha value is -1.86. The molecule has 0 bridgehead atoms. The average Bonchev–Trinajstić information content (AvgIpc) is 3.08. The second kappa shape index (κ2) is 6.72. The number of aromatic nitrogens is 2. The molecule has 2 aromatic rings. The minimum absolute atomic E-state index is 0.244. The lowest BCUT2D eigenvalue weighted by atomic mass is 9.98. The fourth-order valence-corrected chi connectivity index (χ4v) is 4.60. The van der Waals surface area contributed by atoms with E-state index in [0.29, 0.717) is 24.8 Å². The van der Waals surface area contributed by atoms with Crippen LogP contribution in [0.4, 0.5) is 0 Å². The Balaban J connectivity index is 1.69. The number of piperidine rings is 1. The fraction of sp³-hybridized carbons (Fsp3) is 0.438. The van der Waals surface area contributed by atoms with E-state index in [1.165, 1.54) is 7.11 Å². The van der Waals surface area contributed by atoms with Crippen LogP contribution in [0.25, 0.3) is 0 Å². The highest BCUT2D eigenvalue weighted by Gasteiger charge is 2.31. The van der Waals surface area contributed by atoms with Crippen molar-refractivity contribution in [2.75, 3.05) is 20.2 Å². The number of rotatable bonds is 5. The number of hydrogen-bond donors (Lipinski definition) is 0. The molecule has 1 aliphatic rings. The Morgan fingerprint density at radius 1 is 1.22 bits per heavy atom. The fourth-order valence-electron chi connectivity index (χ4n) is 2.98. The molecule has 124 valence electrons. The molecule has 6 nitrogen and oxygen atoms in total. The Kier molecular flexibility index (Phi) is 4.68. The van der Waals surface area contributed by atoms with Gasteiger partial charge in [-0.15, -0.1) is 0 Å². The summed E-state index contributed by atoms with van der Waals surface area (Å²) in [7, 11) is -2.01. The molecule has 1 aromatic heterocycles.